The van der Waals surface area contributed by atoms with E-state index in [1.165, 1.54) is 6.42 Å². The first-order valence-electron chi connectivity index (χ1n) is 5.56. The first-order chi connectivity index (χ1) is 10.7. The minimum atomic E-state index is -0.328. The molecule has 0 spiro atoms. The van der Waals surface area contributed by atoms with Crippen LogP contribution in [0.3, 0.4) is 0 Å². The van der Waals surface area contributed by atoms with Gasteiger partial charge in [-0.1, -0.05) is 12.1 Å². The zero-order chi connectivity index (χ0) is 17.5. The van der Waals surface area contributed by atoms with E-state index in [4.69, 9.17) is 23.4 Å². The minimum Gasteiger partial charge on any atom is 0 e. The molecule has 1 aromatic carbocycles. The van der Waals surface area contributed by atoms with Gasteiger partial charge in [0.15, 0.2) is 6.10 Å². The van der Waals surface area contributed by atoms with E-state index in [1.54, 1.807) is 14.0 Å². The number of rotatable bonds is 2. The molecule has 7 heteroatoms. The maximum Gasteiger partial charge on any atom is 0 e. The molecule has 0 aromatic heterocycles. The third-order valence-corrected chi connectivity index (χ3v) is 2.32. The summed E-state index contributed by atoms with van der Waals surface area (Å²) in [5.74, 6) is 1.32. The summed E-state index contributed by atoms with van der Waals surface area (Å²) in [5.41, 5.74) is 0.969. The zero-order valence-electron chi connectivity index (χ0n) is 12.3. The van der Waals surface area contributed by atoms with Crippen LogP contribution in [0.4, 0.5) is 0 Å². The summed E-state index contributed by atoms with van der Waals surface area (Å²) in [7, 11) is 1.62. The van der Waals surface area contributed by atoms with Crippen molar-refractivity contribution in [1.82, 2.24) is 0 Å². The molecule has 1 aliphatic heterocycles. The summed E-state index contributed by atoms with van der Waals surface area (Å²) in [4.78, 5) is 11.2. The molecule has 23 heavy (non-hydrogen) atoms. The van der Waals surface area contributed by atoms with Crippen LogP contribution in [0.2, 0.25) is 0 Å². The Morgan fingerprint density at radius 3 is 1.83 bits per heavy atom. The van der Waals surface area contributed by atoms with Crippen molar-refractivity contribution in [3.8, 4) is 5.75 Å². The van der Waals surface area contributed by atoms with Crippen molar-refractivity contribution in [2.75, 3.05) is 7.11 Å². The number of carbonyl (C=O) groups excluding carboxylic acids is 1. The van der Waals surface area contributed by atoms with E-state index >= 15 is 0 Å². The van der Waals surface area contributed by atoms with Crippen molar-refractivity contribution in [3.05, 3.63) is 74.6 Å². The number of benzene rings is 1. The third-order valence-electron chi connectivity index (χ3n) is 2.32. The largest absolute Gasteiger partial charge is 0 e. The van der Waals surface area contributed by atoms with Gasteiger partial charge in [-0.15, -0.1) is 0 Å². The molecule has 0 N–H and O–H groups in total. The number of carbonyl (C=O) groups is 1. The molecule has 120 valence electrons. The molecule has 1 aromatic rings. The van der Waals surface area contributed by atoms with Gasteiger partial charge < -0.3 is 9.47 Å². The fourth-order valence-electron chi connectivity index (χ4n) is 1.56. The minimum absolute atomic E-state index is 0. The monoisotopic (exact) mass is 356 g/mol. The van der Waals surface area contributed by atoms with Crippen molar-refractivity contribution in [2.45, 2.75) is 6.92 Å². The molecule has 0 unspecified atom stereocenters. The molecule has 0 aliphatic carbocycles. The average Bonchev–Trinajstić information content (AvgIpc) is 2.59. The second-order valence-electron chi connectivity index (χ2n) is 3.50. The predicted molar refractivity (Wildman–Crippen MR) is 70.7 cm³/mol. The van der Waals surface area contributed by atoms with Crippen LogP contribution in [0.1, 0.15) is 12.5 Å². The fraction of sp³-hybridized carbons (Fsp3) is 0.125. The Morgan fingerprint density at radius 1 is 0.957 bits per heavy atom. The van der Waals surface area contributed by atoms with Gasteiger partial charge in [0.1, 0.15) is 5.75 Å². The number of hydrogen-bond donors (Lipinski definition) is 0. The van der Waals surface area contributed by atoms with Gasteiger partial charge in [0.25, 0.3) is 0 Å². The Hall–Kier alpha value is -1.77. The Labute approximate surface area is 146 Å². The van der Waals surface area contributed by atoms with Crippen LogP contribution in [0, 0.1) is 44.8 Å². The second kappa shape index (κ2) is 16.6. The number of cyclic esters (lactones) is 1. The third kappa shape index (κ3) is 9.77. The Bertz CT molecular complexity index is 477. The van der Waals surface area contributed by atoms with Gasteiger partial charge in [0, 0.05) is 29.4 Å². The SMILES string of the molecule is COc1ccc([C]2[CH][C](C)OC(=O)[CH]2)cc1.[C-]#[O+].[C-]#[O+].[C-]#[O+].[Fe]. The van der Waals surface area contributed by atoms with E-state index in [2.05, 4.69) is 20.0 Å². The molecule has 0 amide bonds. The summed E-state index contributed by atoms with van der Waals surface area (Å²) >= 11 is 0. The van der Waals surface area contributed by atoms with E-state index < -0.39 is 0 Å². The fourth-order valence-corrected chi connectivity index (χ4v) is 1.56. The molecule has 4 radical (unpaired) electrons. The Morgan fingerprint density at radius 2 is 1.43 bits per heavy atom. The summed E-state index contributed by atoms with van der Waals surface area (Å²) in [6.07, 6.45) is 3.93. The quantitative estimate of drug-likeness (QED) is 0.351. The van der Waals surface area contributed by atoms with Crippen molar-refractivity contribution in [3.63, 3.8) is 0 Å². The summed E-state index contributed by atoms with van der Waals surface area (Å²) < 4.78 is 32.5. The average molecular weight is 356 g/mol. The van der Waals surface area contributed by atoms with Gasteiger partial charge >= 0.3 is 39.9 Å². The van der Waals surface area contributed by atoms with Crippen LogP contribution in [0.15, 0.2) is 24.3 Å². The van der Waals surface area contributed by atoms with Crippen LogP contribution in [0.25, 0.3) is 0 Å². The topological polar surface area (TPSA) is 95.2 Å². The predicted octanol–water partition coefficient (Wildman–Crippen LogP) is 2.02. The number of ether oxygens (including phenoxy) is 2. The van der Waals surface area contributed by atoms with E-state index in [9.17, 15) is 4.79 Å². The van der Waals surface area contributed by atoms with E-state index in [1.807, 2.05) is 30.7 Å². The maximum absolute atomic E-state index is 11.2. The van der Waals surface area contributed by atoms with Gasteiger partial charge in [-0.3, -0.25) is 4.79 Å². The van der Waals surface area contributed by atoms with Crippen molar-refractivity contribution < 1.29 is 45.3 Å². The van der Waals surface area contributed by atoms with Gasteiger partial charge in [-0.05, 0) is 24.6 Å². The number of esters is 1. The van der Waals surface area contributed by atoms with Crippen molar-refractivity contribution in [1.29, 1.82) is 0 Å². The summed E-state index contributed by atoms with van der Waals surface area (Å²) in [5, 5.41) is 0. The number of methoxy groups -OCH3 is 1. The second-order valence-corrected chi connectivity index (χ2v) is 3.50. The summed E-state index contributed by atoms with van der Waals surface area (Å²) in [6.45, 7) is 15.3. The van der Waals surface area contributed by atoms with Crippen LogP contribution in [-0.2, 0) is 40.6 Å². The van der Waals surface area contributed by atoms with Crippen LogP contribution < -0.4 is 4.74 Å². The summed E-state index contributed by atoms with van der Waals surface area (Å²) in [6, 6.07) is 7.54. The van der Waals surface area contributed by atoms with Crippen LogP contribution >= 0.6 is 0 Å². The van der Waals surface area contributed by atoms with Crippen LogP contribution in [0.5, 0.6) is 5.75 Å². The van der Waals surface area contributed by atoms with Crippen LogP contribution in [-0.4, -0.2) is 13.1 Å². The normalized spacial score (nSPS) is 13.0. The Balaban J connectivity index is -0.000000514. The molecule has 1 saturated heterocycles. The zero-order valence-corrected chi connectivity index (χ0v) is 13.4. The van der Waals surface area contributed by atoms with Crippen molar-refractivity contribution in [2.24, 2.45) is 0 Å². The Kier molecular flexibility index (Phi) is 18.9. The van der Waals surface area contributed by atoms with E-state index in [-0.39, 0.29) is 23.0 Å². The first-order valence-corrected chi connectivity index (χ1v) is 5.56. The molecular weight excluding hydrogens is 344 g/mol. The molecule has 0 atom stereocenters. The van der Waals surface area contributed by atoms with Gasteiger partial charge in [-0.2, -0.15) is 0 Å². The maximum atomic E-state index is 11.2. The molecule has 2 rings (SSSR count). The molecule has 1 fully saturated rings. The molecule has 6 nitrogen and oxygen atoms in total. The van der Waals surface area contributed by atoms with Gasteiger partial charge in [0.05, 0.1) is 13.5 Å². The van der Waals surface area contributed by atoms with Gasteiger partial charge in [0.2, 0.25) is 0 Å². The standard InChI is InChI=1S/C13H12O3.3CO.Fe/c1-9-7-11(8-13(14)16-9)10-3-5-12(15-2)6-4-10;3*1-2;/h3-8H,1-2H3;;;;. The first kappa shape index (κ1) is 26.1. The number of hydrogen-bond acceptors (Lipinski definition) is 3. The van der Waals surface area contributed by atoms with Gasteiger partial charge in [-0.25, -0.2) is 0 Å². The smallest absolute Gasteiger partial charge is 0 e. The molecule has 1 heterocycles. The molecule has 0 saturated carbocycles. The molecule has 1 aliphatic rings. The van der Waals surface area contributed by atoms with Crippen molar-refractivity contribution >= 4 is 5.97 Å². The molecule has 0 bridgehead atoms. The molecular formula is C16H12FeO6. The van der Waals surface area contributed by atoms with E-state index in [0.29, 0.717) is 6.10 Å². The van der Waals surface area contributed by atoms with E-state index in [0.717, 1.165) is 17.2 Å².